The summed E-state index contributed by atoms with van der Waals surface area (Å²) in [6, 6.07) is 7.24. The van der Waals surface area contributed by atoms with Crippen molar-refractivity contribution < 1.29 is 33.2 Å². The first-order valence-electron chi connectivity index (χ1n) is 12.4. The molecular weight excluding hydrogens is 493 g/mol. The average molecular weight is 524 g/mol. The average Bonchev–Trinajstić information content (AvgIpc) is 3.40. The molecule has 0 aliphatic carbocycles. The number of carbonyl (C=O) groups excluding carboxylic acids is 4. The molecule has 12 nitrogen and oxygen atoms in total. The standard InChI is InChI=1S/C25H31BN5O7/c1-15(2)12-19(26-31(3)20(24(34)36-4)21(37-26)25(35)38-26)30-22(32)17(13-16-8-6-5-7-9-16)29-23(33)18-14-27-10-11-28-18/h5-11,14-15,17,19-21H,12-13H2,1-4H3,(H,29,33)(H,30,32)/q-1/t17-,19?,20+,21+,26?/m0/s1. The van der Waals surface area contributed by atoms with Crippen LogP contribution in [0.25, 0.3) is 0 Å². The molecule has 3 heterocycles. The van der Waals surface area contributed by atoms with E-state index in [-0.39, 0.29) is 18.0 Å². The number of nitrogens with zero attached hydrogens (tertiary/aromatic N) is 3. The molecule has 202 valence electrons. The van der Waals surface area contributed by atoms with Gasteiger partial charge in [-0.2, -0.15) is 0 Å². The summed E-state index contributed by atoms with van der Waals surface area (Å²) in [6.07, 6.45) is 3.55. The Hall–Kier alpha value is -3.84. The van der Waals surface area contributed by atoms with Crippen molar-refractivity contribution in [3.63, 3.8) is 0 Å². The van der Waals surface area contributed by atoms with Crippen LogP contribution in [0.2, 0.25) is 0 Å². The molecule has 2 aliphatic heterocycles. The molecule has 5 atom stereocenters. The lowest BCUT2D eigenvalue weighted by Gasteiger charge is -2.48. The molecule has 2 amide bonds. The molecule has 2 N–H and O–H groups in total. The summed E-state index contributed by atoms with van der Waals surface area (Å²) >= 11 is 0. The maximum Gasteiger partial charge on any atom is 0.397 e. The highest BCUT2D eigenvalue weighted by atomic mass is 16.7. The Morgan fingerprint density at radius 3 is 2.53 bits per heavy atom. The molecule has 2 aliphatic rings. The van der Waals surface area contributed by atoms with Crippen molar-refractivity contribution in [1.82, 2.24) is 25.4 Å². The third-order valence-electron chi connectivity index (χ3n) is 6.86. The van der Waals surface area contributed by atoms with E-state index in [1.165, 1.54) is 30.5 Å². The summed E-state index contributed by atoms with van der Waals surface area (Å²) in [5, 5.41) is 5.70. The van der Waals surface area contributed by atoms with Crippen LogP contribution in [-0.4, -0.2) is 83.5 Å². The van der Waals surface area contributed by atoms with E-state index in [1.807, 2.05) is 44.2 Å². The maximum absolute atomic E-state index is 13.7. The zero-order valence-electron chi connectivity index (χ0n) is 21.7. The number of nitrogens with one attached hydrogen (secondary N) is 2. The third-order valence-corrected chi connectivity index (χ3v) is 6.86. The Morgan fingerprint density at radius 2 is 1.89 bits per heavy atom. The topological polar surface area (TPSA) is 149 Å². The van der Waals surface area contributed by atoms with E-state index >= 15 is 0 Å². The van der Waals surface area contributed by atoms with Crippen molar-refractivity contribution in [2.45, 2.75) is 50.8 Å². The van der Waals surface area contributed by atoms with Crippen LogP contribution in [0.15, 0.2) is 48.9 Å². The Labute approximate surface area is 220 Å². The Morgan fingerprint density at radius 1 is 1.16 bits per heavy atom. The molecule has 1 aromatic heterocycles. The number of aromatic nitrogens is 2. The van der Waals surface area contributed by atoms with Gasteiger partial charge in [0, 0.05) is 18.8 Å². The van der Waals surface area contributed by atoms with Gasteiger partial charge in [-0.05, 0) is 24.5 Å². The second kappa shape index (κ2) is 11.3. The molecule has 38 heavy (non-hydrogen) atoms. The lowest BCUT2D eigenvalue weighted by Crippen LogP contribution is -2.70. The van der Waals surface area contributed by atoms with Crippen LogP contribution in [0.1, 0.15) is 36.3 Å². The fraction of sp³-hybridized carbons (Fsp3) is 0.440. The van der Waals surface area contributed by atoms with E-state index in [9.17, 15) is 19.2 Å². The minimum Gasteiger partial charge on any atom is -0.650 e. The summed E-state index contributed by atoms with van der Waals surface area (Å²) in [5.41, 5.74) is 0.885. The summed E-state index contributed by atoms with van der Waals surface area (Å²) in [4.78, 5) is 61.2. The van der Waals surface area contributed by atoms with Crippen molar-refractivity contribution in [1.29, 1.82) is 0 Å². The van der Waals surface area contributed by atoms with Crippen LogP contribution in [-0.2, 0) is 34.9 Å². The number of benzene rings is 1. The first kappa shape index (κ1) is 27.2. The number of hydrogen-bond acceptors (Lipinski definition) is 10. The van der Waals surface area contributed by atoms with Gasteiger partial charge in [0.25, 0.3) is 11.9 Å². The van der Waals surface area contributed by atoms with Crippen molar-refractivity contribution in [2.24, 2.45) is 5.92 Å². The Bertz CT molecular complexity index is 1190. The minimum absolute atomic E-state index is 0.0604. The molecule has 2 unspecified atom stereocenters. The zero-order valence-corrected chi connectivity index (χ0v) is 21.7. The van der Waals surface area contributed by atoms with E-state index < -0.39 is 54.6 Å². The van der Waals surface area contributed by atoms with Gasteiger partial charge in [-0.25, -0.2) is 4.98 Å². The highest BCUT2D eigenvalue weighted by Crippen LogP contribution is 2.40. The predicted octanol–water partition coefficient (Wildman–Crippen LogP) is 0.256. The Kier molecular flexibility index (Phi) is 8.07. The summed E-state index contributed by atoms with van der Waals surface area (Å²) in [5.74, 6) is -3.13. The van der Waals surface area contributed by atoms with Crippen molar-refractivity contribution in [3.8, 4) is 0 Å². The van der Waals surface area contributed by atoms with Crippen LogP contribution in [0, 0.1) is 5.92 Å². The summed E-state index contributed by atoms with van der Waals surface area (Å²) in [7, 11) is 2.83. The van der Waals surface area contributed by atoms with Gasteiger partial charge >= 0.3 is 12.7 Å². The van der Waals surface area contributed by atoms with Gasteiger partial charge in [0.15, 0.2) is 0 Å². The number of amides is 2. The molecule has 1 aromatic carbocycles. The molecule has 13 heteroatoms. The largest absolute Gasteiger partial charge is 0.650 e. The number of carbonyl (C=O) groups is 4. The lowest BCUT2D eigenvalue weighted by atomic mass is 9.58. The molecule has 2 fully saturated rings. The number of fused-ring (bicyclic) bond motifs is 2. The first-order chi connectivity index (χ1) is 18.2. The quantitative estimate of drug-likeness (QED) is 0.327. The number of methoxy groups -OCH3 is 1. The summed E-state index contributed by atoms with van der Waals surface area (Å²) in [6.45, 7) is 1.32. The van der Waals surface area contributed by atoms with E-state index in [0.29, 0.717) is 6.42 Å². The lowest BCUT2D eigenvalue weighted by molar-refractivity contribution is -0.153. The molecular formula is C25H31BN5O7-. The molecule has 2 saturated heterocycles. The predicted molar refractivity (Wildman–Crippen MR) is 135 cm³/mol. The molecule has 4 rings (SSSR count). The second-order valence-corrected chi connectivity index (χ2v) is 9.91. The van der Waals surface area contributed by atoms with Crippen molar-refractivity contribution in [3.05, 3.63) is 60.2 Å². The van der Waals surface area contributed by atoms with Gasteiger partial charge in [-0.3, -0.25) is 24.2 Å². The molecule has 0 radical (unpaired) electrons. The number of ether oxygens (including phenoxy) is 1. The molecule has 0 saturated carbocycles. The van der Waals surface area contributed by atoms with Crippen molar-refractivity contribution in [2.75, 3.05) is 14.2 Å². The van der Waals surface area contributed by atoms with Crippen LogP contribution in [0.5, 0.6) is 0 Å². The first-order valence-corrected chi connectivity index (χ1v) is 12.4. The SMILES string of the molecule is COC(=O)[C@H]1[C@H]2O[B-](C(CC(C)C)NC(=O)[C@H](Cc3ccccc3)NC(=O)c3cnccn3)(OC2=O)N1C. The number of likely N-dealkylation sites (N-methyl/N-ethyl adjacent to an activating group) is 1. The fourth-order valence-corrected chi connectivity index (χ4v) is 5.05. The van der Waals surface area contributed by atoms with Gasteiger partial charge in [0.05, 0.1) is 13.3 Å². The monoisotopic (exact) mass is 524 g/mol. The van der Waals surface area contributed by atoms with E-state index in [1.54, 1.807) is 7.05 Å². The van der Waals surface area contributed by atoms with E-state index in [4.69, 9.17) is 14.0 Å². The van der Waals surface area contributed by atoms with Crippen LogP contribution in [0.3, 0.4) is 0 Å². The van der Waals surface area contributed by atoms with E-state index in [0.717, 1.165) is 5.56 Å². The summed E-state index contributed by atoms with van der Waals surface area (Å²) < 4.78 is 16.6. The maximum atomic E-state index is 13.7. The Balaban J connectivity index is 1.61. The molecule has 0 spiro atoms. The normalized spacial score (nSPS) is 24.0. The van der Waals surface area contributed by atoms with Gasteiger partial charge in [-0.1, -0.05) is 50.6 Å². The van der Waals surface area contributed by atoms with Gasteiger partial charge in [-0.15, -0.1) is 0 Å². The highest BCUT2D eigenvalue weighted by molar-refractivity contribution is 6.71. The van der Waals surface area contributed by atoms with Gasteiger partial charge < -0.3 is 29.5 Å². The van der Waals surface area contributed by atoms with Crippen LogP contribution >= 0.6 is 0 Å². The smallest absolute Gasteiger partial charge is 0.397 e. The molecule has 2 aromatic rings. The zero-order chi connectivity index (χ0) is 27.4. The minimum atomic E-state index is -2.57. The number of rotatable bonds is 10. The van der Waals surface area contributed by atoms with Gasteiger partial charge in [0.1, 0.15) is 23.9 Å². The third kappa shape index (κ3) is 5.39. The highest BCUT2D eigenvalue weighted by Gasteiger charge is 2.64. The number of hydrogen-bond donors (Lipinski definition) is 2. The van der Waals surface area contributed by atoms with Crippen LogP contribution < -0.4 is 10.6 Å². The van der Waals surface area contributed by atoms with Gasteiger partial charge in [0.2, 0.25) is 5.91 Å². The molecule has 2 bridgehead atoms. The van der Waals surface area contributed by atoms with Crippen molar-refractivity contribution >= 4 is 30.4 Å². The van der Waals surface area contributed by atoms with Crippen LogP contribution in [0.4, 0.5) is 0 Å². The fourth-order valence-electron chi connectivity index (χ4n) is 5.05. The second-order valence-electron chi connectivity index (χ2n) is 9.91. The number of esters is 1. The van der Waals surface area contributed by atoms with E-state index in [2.05, 4.69) is 20.6 Å².